The van der Waals surface area contributed by atoms with E-state index in [2.05, 4.69) is 5.16 Å². The second kappa shape index (κ2) is 7.17. The van der Waals surface area contributed by atoms with Gasteiger partial charge >= 0.3 is 5.97 Å². The van der Waals surface area contributed by atoms with Gasteiger partial charge in [0.2, 0.25) is 0 Å². The van der Waals surface area contributed by atoms with E-state index in [4.69, 9.17) is 15.0 Å². The molecule has 0 bridgehead atoms. The standard InChI is InChI=1S/C18H18N2O3.CH4/c1-3-22-17(21)8-12-4-6-13(7-5-12)14-9-15(19)18-11(2)20-23-16(18)10-14;/h4-7,9-10H,3,8,19H2,1-2H3;1H4. The number of anilines is 1. The summed E-state index contributed by atoms with van der Waals surface area (Å²) >= 11 is 0. The van der Waals surface area contributed by atoms with Crippen molar-refractivity contribution in [3.63, 3.8) is 0 Å². The Morgan fingerprint density at radius 2 is 1.92 bits per heavy atom. The largest absolute Gasteiger partial charge is 0.466 e. The number of carbonyl (C=O) groups excluding carboxylic acids is 1. The first-order valence-corrected chi connectivity index (χ1v) is 7.49. The van der Waals surface area contributed by atoms with Crippen LogP contribution in [-0.4, -0.2) is 17.7 Å². The van der Waals surface area contributed by atoms with Gasteiger partial charge in [0, 0.05) is 5.69 Å². The molecule has 24 heavy (non-hydrogen) atoms. The summed E-state index contributed by atoms with van der Waals surface area (Å²) in [6, 6.07) is 11.6. The molecular formula is C19H22N2O3. The average Bonchev–Trinajstić information content (AvgIpc) is 2.90. The summed E-state index contributed by atoms with van der Waals surface area (Å²) in [5, 5.41) is 4.80. The van der Waals surface area contributed by atoms with Crippen molar-refractivity contribution in [3.8, 4) is 11.1 Å². The number of esters is 1. The Morgan fingerprint density at radius 3 is 2.58 bits per heavy atom. The highest BCUT2D eigenvalue weighted by molar-refractivity contribution is 5.95. The topological polar surface area (TPSA) is 78.4 Å². The molecule has 0 aliphatic rings. The number of benzene rings is 2. The molecule has 0 aliphatic carbocycles. The van der Waals surface area contributed by atoms with Gasteiger partial charge < -0.3 is 15.0 Å². The van der Waals surface area contributed by atoms with Gasteiger partial charge in [-0.2, -0.15) is 0 Å². The maximum absolute atomic E-state index is 11.5. The highest BCUT2D eigenvalue weighted by Gasteiger charge is 2.11. The molecule has 0 unspecified atom stereocenters. The molecule has 5 heteroatoms. The third-order valence-corrected chi connectivity index (χ3v) is 3.72. The fourth-order valence-corrected chi connectivity index (χ4v) is 2.62. The van der Waals surface area contributed by atoms with Gasteiger partial charge in [-0.1, -0.05) is 36.8 Å². The van der Waals surface area contributed by atoms with Gasteiger partial charge in [0.25, 0.3) is 0 Å². The smallest absolute Gasteiger partial charge is 0.310 e. The van der Waals surface area contributed by atoms with Crippen LogP contribution in [0.4, 0.5) is 5.69 Å². The van der Waals surface area contributed by atoms with Crippen LogP contribution in [0.2, 0.25) is 0 Å². The van der Waals surface area contributed by atoms with Gasteiger partial charge in [-0.3, -0.25) is 4.79 Å². The zero-order valence-corrected chi connectivity index (χ0v) is 13.1. The molecule has 1 heterocycles. The SMILES string of the molecule is C.CCOC(=O)Cc1ccc(-c2cc(N)c3c(C)noc3c2)cc1. The number of hydrogen-bond donors (Lipinski definition) is 1. The van der Waals surface area contributed by atoms with Crippen LogP contribution in [-0.2, 0) is 16.0 Å². The third kappa shape index (κ3) is 3.40. The Labute approximate surface area is 141 Å². The molecular weight excluding hydrogens is 304 g/mol. The van der Waals surface area contributed by atoms with Crippen molar-refractivity contribution < 1.29 is 14.1 Å². The summed E-state index contributed by atoms with van der Waals surface area (Å²) in [7, 11) is 0. The molecule has 0 spiro atoms. The molecule has 126 valence electrons. The van der Waals surface area contributed by atoms with Gasteiger partial charge in [0.1, 0.15) is 0 Å². The van der Waals surface area contributed by atoms with Crippen molar-refractivity contribution in [2.24, 2.45) is 0 Å². The van der Waals surface area contributed by atoms with Crippen LogP contribution in [0.5, 0.6) is 0 Å². The van der Waals surface area contributed by atoms with E-state index < -0.39 is 0 Å². The number of rotatable bonds is 4. The molecule has 2 aromatic carbocycles. The molecule has 0 fully saturated rings. The van der Waals surface area contributed by atoms with Crippen LogP contribution >= 0.6 is 0 Å². The number of nitrogen functional groups attached to an aromatic ring is 1. The number of fused-ring (bicyclic) bond motifs is 1. The fraction of sp³-hybridized carbons (Fsp3) is 0.263. The highest BCUT2D eigenvalue weighted by atomic mass is 16.5. The number of carbonyl (C=O) groups is 1. The summed E-state index contributed by atoms with van der Waals surface area (Å²) in [5.41, 5.74) is 11.1. The molecule has 0 atom stereocenters. The van der Waals surface area contributed by atoms with E-state index in [0.29, 0.717) is 17.9 Å². The van der Waals surface area contributed by atoms with Crippen LogP contribution in [0.25, 0.3) is 22.1 Å². The Balaban J connectivity index is 0.00000208. The molecule has 0 amide bonds. The van der Waals surface area contributed by atoms with Gasteiger partial charge in [-0.15, -0.1) is 0 Å². The van der Waals surface area contributed by atoms with E-state index in [1.54, 1.807) is 6.92 Å². The first kappa shape index (κ1) is 17.5. The van der Waals surface area contributed by atoms with E-state index in [0.717, 1.165) is 27.8 Å². The van der Waals surface area contributed by atoms with Crippen LogP contribution in [0.3, 0.4) is 0 Å². The Hall–Kier alpha value is -2.82. The summed E-state index contributed by atoms with van der Waals surface area (Å²) < 4.78 is 10.3. The lowest BCUT2D eigenvalue weighted by Gasteiger charge is -2.06. The maximum Gasteiger partial charge on any atom is 0.310 e. The van der Waals surface area contributed by atoms with Crippen molar-refractivity contribution in [1.82, 2.24) is 5.16 Å². The first-order valence-electron chi connectivity index (χ1n) is 7.49. The summed E-state index contributed by atoms with van der Waals surface area (Å²) in [6.07, 6.45) is 0.274. The van der Waals surface area contributed by atoms with Crippen LogP contribution in [0, 0.1) is 6.92 Å². The van der Waals surface area contributed by atoms with Crippen molar-refractivity contribution in [1.29, 1.82) is 0 Å². The number of nitrogens with two attached hydrogens (primary N) is 1. The number of hydrogen-bond acceptors (Lipinski definition) is 5. The molecule has 5 nitrogen and oxygen atoms in total. The minimum atomic E-state index is -0.219. The molecule has 2 N–H and O–H groups in total. The Morgan fingerprint density at radius 1 is 1.21 bits per heavy atom. The summed E-state index contributed by atoms with van der Waals surface area (Å²) in [5.74, 6) is -0.219. The lowest BCUT2D eigenvalue weighted by atomic mass is 10.0. The number of aromatic nitrogens is 1. The maximum atomic E-state index is 11.5. The quantitative estimate of drug-likeness (QED) is 0.576. The second-order valence-electron chi connectivity index (χ2n) is 5.39. The lowest BCUT2D eigenvalue weighted by Crippen LogP contribution is -2.07. The number of aryl methyl sites for hydroxylation is 1. The molecule has 3 rings (SSSR count). The summed E-state index contributed by atoms with van der Waals surface area (Å²) in [4.78, 5) is 11.5. The molecule has 0 saturated carbocycles. The molecule has 0 saturated heterocycles. The minimum Gasteiger partial charge on any atom is -0.466 e. The predicted molar refractivity (Wildman–Crippen MR) is 95.7 cm³/mol. The van der Waals surface area contributed by atoms with Crippen LogP contribution < -0.4 is 5.73 Å². The Bertz CT molecular complexity index is 851. The normalized spacial score (nSPS) is 10.4. The van der Waals surface area contributed by atoms with E-state index in [1.165, 1.54) is 0 Å². The van der Waals surface area contributed by atoms with Crippen molar-refractivity contribution >= 4 is 22.6 Å². The third-order valence-electron chi connectivity index (χ3n) is 3.72. The van der Waals surface area contributed by atoms with Gasteiger partial charge in [0.15, 0.2) is 5.58 Å². The number of nitrogens with zero attached hydrogens (tertiary/aromatic N) is 1. The van der Waals surface area contributed by atoms with E-state index in [1.807, 2.05) is 43.3 Å². The molecule has 0 aliphatic heterocycles. The minimum absolute atomic E-state index is 0. The van der Waals surface area contributed by atoms with Crippen molar-refractivity contribution in [3.05, 3.63) is 47.7 Å². The molecule has 0 radical (unpaired) electrons. The monoisotopic (exact) mass is 326 g/mol. The van der Waals surface area contributed by atoms with Gasteiger partial charge in [-0.05, 0) is 42.7 Å². The van der Waals surface area contributed by atoms with Gasteiger partial charge in [0.05, 0.1) is 24.1 Å². The predicted octanol–water partition coefficient (Wildman–Crippen LogP) is 4.13. The zero-order valence-electron chi connectivity index (χ0n) is 13.1. The van der Waals surface area contributed by atoms with Crippen LogP contribution in [0.1, 0.15) is 25.6 Å². The highest BCUT2D eigenvalue weighted by Crippen LogP contribution is 2.31. The van der Waals surface area contributed by atoms with E-state index in [9.17, 15) is 4.79 Å². The second-order valence-corrected chi connectivity index (χ2v) is 5.39. The fourth-order valence-electron chi connectivity index (χ4n) is 2.62. The average molecular weight is 326 g/mol. The first-order chi connectivity index (χ1) is 11.1. The molecule has 3 aromatic rings. The van der Waals surface area contributed by atoms with Crippen molar-refractivity contribution in [2.75, 3.05) is 12.3 Å². The van der Waals surface area contributed by atoms with E-state index in [-0.39, 0.29) is 19.8 Å². The number of ether oxygens (including phenoxy) is 1. The lowest BCUT2D eigenvalue weighted by molar-refractivity contribution is -0.142. The van der Waals surface area contributed by atoms with E-state index >= 15 is 0 Å². The summed E-state index contributed by atoms with van der Waals surface area (Å²) in [6.45, 7) is 4.06. The molecule has 1 aromatic heterocycles. The van der Waals surface area contributed by atoms with Crippen molar-refractivity contribution in [2.45, 2.75) is 27.7 Å². The Kier molecular flexibility index (Phi) is 5.24. The van der Waals surface area contributed by atoms with Gasteiger partial charge in [-0.25, -0.2) is 0 Å². The van der Waals surface area contributed by atoms with Crippen LogP contribution in [0.15, 0.2) is 40.9 Å². The zero-order chi connectivity index (χ0) is 16.4.